The van der Waals surface area contributed by atoms with Gasteiger partial charge in [0.15, 0.2) is 0 Å². The molecule has 0 fully saturated rings. The van der Waals surface area contributed by atoms with Crippen molar-refractivity contribution < 1.29 is 10.2 Å². The summed E-state index contributed by atoms with van der Waals surface area (Å²) in [6, 6.07) is 0. The lowest BCUT2D eigenvalue weighted by Crippen LogP contribution is -2.19. The zero-order valence-corrected chi connectivity index (χ0v) is 14.6. The van der Waals surface area contributed by atoms with Crippen LogP contribution in [-0.4, -0.2) is 22.4 Å². The maximum Gasteiger partial charge on any atom is 0.0753 e. The second-order valence-electron chi connectivity index (χ2n) is 6.96. The first kappa shape index (κ1) is 18.9. The molecule has 22 heavy (non-hydrogen) atoms. The van der Waals surface area contributed by atoms with Crippen molar-refractivity contribution in [2.75, 3.05) is 0 Å². The molecule has 2 N–H and O–H groups in total. The molecule has 0 amide bonds. The van der Waals surface area contributed by atoms with Gasteiger partial charge in [0.1, 0.15) is 0 Å². The van der Waals surface area contributed by atoms with E-state index >= 15 is 0 Å². The van der Waals surface area contributed by atoms with Crippen LogP contribution in [0.25, 0.3) is 0 Å². The van der Waals surface area contributed by atoms with Gasteiger partial charge in [-0.3, -0.25) is 0 Å². The lowest BCUT2D eigenvalue weighted by Gasteiger charge is -2.24. The Balaban J connectivity index is 0.000000220. The van der Waals surface area contributed by atoms with Gasteiger partial charge in [-0.15, -0.1) is 0 Å². The van der Waals surface area contributed by atoms with Crippen molar-refractivity contribution in [3.05, 3.63) is 47.6 Å². The Kier molecular flexibility index (Phi) is 7.31. The van der Waals surface area contributed by atoms with E-state index in [2.05, 4.69) is 25.3 Å². The fraction of sp³-hybridized carbons (Fsp3) is 0.600. The summed E-state index contributed by atoms with van der Waals surface area (Å²) in [6.07, 6.45) is 7.60. The molecule has 0 bridgehead atoms. The van der Waals surface area contributed by atoms with E-state index in [1.807, 2.05) is 27.7 Å². The van der Waals surface area contributed by atoms with E-state index in [1.165, 1.54) is 11.1 Å². The molecule has 2 nitrogen and oxygen atoms in total. The van der Waals surface area contributed by atoms with E-state index in [4.69, 9.17) is 0 Å². The fourth-order valence-corrected chi connectivity index (χ4v) is 2.84. The van der Waals surface area contributed by atoms with Crippen molar-refractivity contribution in [3.8, 4) is 0 Å². The minimum atomic E-state index is -0.231. The number of rotatable bonds is 2. The molecule has 0 saturated carbocycles. The van der Waals surface area contributed by atoms with Crippen LogP contribution >= 0.6 is 0 Å². The van der Waals surface area contributed by atoms with Gasteiger partial charge in [0.25, 0.3) is 0 Å². The Hall–Kier alpha value is -1.12. The van der Waals surface area contributed by atoms with Crippen LogP contribution in [0.15, 0.2) is 47.6 Å². The second-order valence-corrected chi connectivity index (χ2v) is 6.96. The molecule has 0 aromatic heterocycles. The first-order chi connectivity index (χ1) is 10.2. The van der Waals surface area contributed by atoms with Crippen molar-refractivity contribution >= 4 is 0 Å². The topological polar surface area (TPSA) is 40.5 Å². The highest BCUT2D eigenvalue weighted by atomic mass is 16.3. The smallest absolute Gasteiger partial charge is 0.0753 e. The Morgan fingerprint density at radius 1 is 0.864 bits per heavy atom. The Morgan fingerprint density at radius 2 is 1.18 bits per heavy atom. The van der Waals surface area contributed by atoms with Crippen molar-refractivity contribution in [1.82, 2.24) is 0 Å². The number of hydrogen-bond donors (Lipinski definition) is 2. The van der Waals surface area contributed by atoms with Gasteiger partial charge in [0.05, 0.1) is 12.2 Å². The number of aliphatic hydroxyl groups is 2. The molecule has 0 aromatic carbocycles. The van der Waals surface area contributed by atoms with Gasteiger partial charge in [-0.1, -0.05) is 36.5 Å². The summed E-state index contributed by atoms with van der Waals surface area (Å²) in [5, 5.41) is 19.0. The Bertz CT molecular complexity index is 426. The highest BCUT2D eigenvalue weighted by molar-refractivity contribution is 5.15. The second kappa shape index (κ2) is 8.50. The predicted octanol–water partition coefficient (Wildman–Crippen LogP) is 4.56. The molecule has 2 unspecified atom stereocenters. The largest absolute Gasteiger partial charge is 0.389 e. The van der Waals surface area contributed by atoms with Crippen LogP contribution in [0.1, 0.15) is 53.4 Å². The summed E-state index contributed by atoms with van der Waals surface area (Å²) in [7, 11) is 0. The van der Waals surface area contributed by atoms with Crippen molar-refractivity contribution in [2.24, 2.45) is 11.8 Å². The summed E-state index contributed by atoms with van der Waals surface area (Å²) in [4.78, 5) is 0. The van der Waals surface area contributed by atoms with Gasteiger partial charge in [-0.25, -0.2) is 0 Å². The highest BCUT2D eigenvalue weighted by Gasteiger charge is 2.20. The molecule has 2 aliphatic rings. The normalized spacial score (nSPS) is 31.4. The van der Waals surface area contributed by atoms with E-state index < -0.39 is 0 Å². The SMILES string of the molecule is C=C(C)C1CC=C(C)C(O)C1.C=C(C)[C@@H]1CC=C(C)[C@H](O)C1. The molecule has 0 heterocycles. The minimum Gasteiger partial charge on any atom is -0.389 e. The van der Waals surface area contributed by atoms with E-state index in [9.17, 15) is 10.2 Å². The van der Waals surface area contributed by atoms with Crippen LogP contribution in [0.4, 0.5) is 0 Å². The molecule has 0 saturated heterocycles. The van der Waals surface area contributed by atoms with Gasteiger partial charge in [-0.2, -0.15) is 0 Å². The first-order valence-corrected chi connectivity index (χ1v) is 8.22. The fourth-order valence-electron chi connectivity index (χ4n) is 2.84. The average molecular weight is 304 g/mol. The maximum absolute atomic E-state index is 9.49. The number of hydrogen-bond acceptors (Lipinski definition) is 2. The molecule has 124 valence electrons. The average Bonchev–Trinajstić information content (AvgIpc) is 2.45. The van der Waals surface area contributed by atoms with Gasteiger partial charge >= 0.3 is 0 Å². The van der Waals surface area contributed by atoms with E-state index in [0.717, 1.165) is 36.8 Å². The lowest BCUT2D eigenvalue weighted by molar-refractivity contribution is 0.174. The van der Waals surface area contributed by atoms with Crippen LogP contribution in [0, 0.1) is 11.8 Å². The quantitative estimate of drug-likeness (QED) is 0.734. The van der Waals surface area contributed by atoms with Crippen LogP contribution in [0.5, 0.6) is 0 Å². The van der Waals surface area contributed by atoms with E-state index in [1.54, 1.807) is 0 Å². The summed E-state index contributed by atoms with van der Waals surface area (Å²) in [5.74, 6) is 0.988. The summed E-state index contributed by atoms with van der Waals surface area (Å²) in [5.41, 5.74) is 4.60. The monoisotopic (exact) mass is 304 g/mol. The molecule has 2 aliphatic carbocycles. The predicted molar refractivity (Wildman–Crippen MR) is 94.6 cm³/mol. The Morgan fingerprint density at radius 3 is 1.41 bits per heavy atom. The lowest BCUT2D eigenvalue weighted by atomic mass is 9.84. The van der Waals surface area contributed by atoms with E-state index in [-0.39, 0.29) is 12.2 Å². The molecule has 0 aliphatic heterocycles. The van der Waals surface area contributed by atoms with Gasteiger partial charge in [-0.05, 0) is 76.4 Å². The third kappa shape index (κ3) is 5.58. The summed E-state index contributed by atoms with van der Waals surface area (Å²) in [6.45, 7) is 15.8. The standard InChI is InChI=1S/2C10H16O/c2*1-7(2)9-5-4-8(3)10(11)6-9/h2*4,9-11H,1,5-6H2,2-3H3/t9-,10-;/m1./s1. The van der Waals surface area contributed by atoms with Crippen LogP contribution in [0.3, 0.4) is 0 Å². The summed E-state index contributed by atoms with van der Waals surface area (Å²) < 4.78 is 0. The third-order valence-electron chi connectivity index (χ3n) is 4.91. The maximum atomic E-state index is 9.49. The minimum absolute atomic E-state index is 0.231. The zero-order valence-electron chi connectivity index (χ0n) is 14.6. The van der Waals surface area contributed by atoms with Crippen molar-refractivity contribution in [2.45, 2.75) is 65.6 Å². The molecule has 0 spiro atoms. The third-order valence-corrected chi connectivity index (χ3v) is 4.91. The molecule has 2 rings (SSSR count). The van der Waals surface area contributed by atoms with Crippen molar-refractivity contribution in [3.63, 3.8) is 0 Å². The van der Waals surface area contributed by atoms with Crippen LogP contribution < -0.4 is 0 Å². The van der Waals surface area contributed by atoms with Gasteiger partial charge in [0.2, 0.25) is 0 Å². The molecule has 2 heteroatoms. The molecular weight excluding hydrogens is 272 g/mol. The van der Waals surface area contributed by atoms with Crippen LogP contribution in [0.2, 0.25) is 0 Å². The molecule has 4 atom stereocenters. The first-order valence-electron chi connectivity index (χ1n) is 8.22. The number of aliphatic hydroxyl groups excluding tert-OH is 2. The molecular formula is C20H32O2. The highest BCUT2D eigenvalue weighted by Crippen LogP contribution is 2.28. The van der Waals surface area contributed by atoms with Crippen molar-refractivity contribution in [1.29, 1.82) is 0 Å². The molecule has 0 radical (unpaired) electrons. The van der Waals surface area contributed by atoms with Gasteiger partial charge < -0.3 is 10.2 Å². The Labute approximate surface area is 135 Å². The number of allylic oxidation sites excluding steroid dienone is 4. The summed E-state index contributed by atoms with van der Waals surface area (Å²) >= 11 is 0. The van der Waals surface area contributed by atoms with E-state index in [0.29, 0.717) is 11.8 Å². The van der Waals surface area contributed by atoms with Crippen LogP contribution in [-0.2, 0) is 0 Å². The molecule has 0 aromatic rings. The van der Waals surface area contributed by atoms with Gasteiger partial charge in [0, 0.05) is 0 Å². The zero-order chi connectivity index (χ0) is 16.9.